The summed E-state index contributed by atoms with van der Waals surface area (Å²) in [5.41, 5.74) is 1.14. The van der Waals surface area contributed by atoms with Crippen molar-refractivity contribution in [3.05, 3.63) is 29.8 Å². The number of aliphatic hydroxyl groups is 1. The van der Waals surface area contributed by atoms with Gasteiger partial charge in [0.25, 0.3) is 0 Å². The maximum Gasteiger partial charge on any atom is 0.319 e. The Kier molecular flexibility index (Phi) is 5.15. The molecule has 0 unspecified atom stereocenters. The van der Waals surface area contributed by atoms with Crippen molar-refractivity contribution in [1.29, 1.82) is 5.26 Å². The lowest BCUT2D eigenvalue weighted by molar-refractivity contribution is 0.204. The fourth-order valence-electron chi connectivity index (χ4n) is 1.39. The Balaban J connectivity index is 2.56. The number of aliphatic hydroxyl groups excluding tert-OH is 1. The van der Waals surface area contributed by atoms with Gasteiger partial charge in [-0.1, -0.05) is 13.8 Å². The fraction of sp³-hybridized carbons (Fsp3) is 0.385. The van der Waals surface area contributed by atoms with E-state index in [-0.39, 0.29) is 24.6 Å². The van der Waals surface area contributed by atoms with E-state index in [0.29, 0.717) is 11.3 Å². The molecule has 0 bridgehead atoms. The average molecular weight is 247 g/mol. The van der Waals surface area contributed by atoms with Crippen LogP contribution in [0.15, 0.2) is 24.3 Å². The lowest BCUT2D eigenvalue weighted by Gasteiger charge is -2.20. The second-order valence-electron chi connectivity index (χ2n) is 4.32. The number of carbonyl (C=O) groups is 1. The van der Waals surface area contributed by atoms with Crippen molar-refractivity contribution >= 4 is 11.7 Å². The Labute approximate surface area is 106 Å². The summed E-state index contributed by atoms with van der Waals surface area (Å²) in [6.07, 6.45) is 0. The second kappa shape index (κ2) is 6.62. The van der Waals surface area contributed by atoms with Crippen molar-refractivity contribution < 1.29 is 9.90 Å². The molecule has 0 aromatic heterocycles. The topological polar surface area (TPSA) is 85.2 Å². The summed E-state index contributed by atoms with van der Waals surface area (Å²) in [5, 5.41) is 23.1. The van der Waals surface area contributed by atoms with Gasteiger partial charge in [-0.3, -0.25) is 0 Å². The highest BCUT2D eigenvalue weighted by molar-refractivity contribution is 5.89. The van der Waals surface area contributed by atoms with Crippen LogP contribution in [0.5, 0.6) is 0 Å². The molecule has 5 nitrogen and oxygen atoms in total. The molecule has 0 saturated heterocycles. The van der Waals surface area contributed by atoms with E-state index in [2.05, 4.69) is 10.6 Å². The molecular weight excluding hydrogens is 230 g/mol. The first kappa shape index (κ1) is 14.0. The minimum Gasteiger partial charge on any atom is -0.394 e. The van der Waals surface area contributed by atoms with Crippen LogP contribution >= 0.6 is 0 Å². The molecule has 0 heterocycles. The largest absolute Gasteiger partial charge is 0.394 e. The molecule has 18 heavy (non-hydrogen) atoms. The van der Waals surface area contributed by atoms with Crippen LogP contribution in [0, 0.1) is 17.2 Å². The van der Waals surface area contributed by atoms with Crippen LogP contribution < -0.4 is 10.6 Å². The minimum absolute atomic E-state index is 0.0988. The molecule has 0 radical (unpaired) electrons. The smallest absolute Gasteiger partial charge is 0.319 e. The van der Waals surface area contributed by atoms with Crippen LogP contribution in [0.3, 0.4) is 0 Å². The lowest BCUT2D eigenvalue weighted by Crippen LogP contribution is -2.43. The Morgan fingerprint density at radius 2 is 2.00 bits per heavy atom. The number of hydrogen-bond donors (Lipinski definition) is 3. The number of hydrogen-bond acceptors (Lipinski definition) is 3. The third-order valence-electron chi connectivity index (χ3n) is 2.59. The van der Waals surface area contributed by atoms with E-state index in [1.807, 2.05) is 19.9 Å². The summed E-state index contributed by atoms with van der Waals surface area (Å²) in [6.45, 7) is 3.74. The highest BCUT2D eigenvalue weighted by Crippen LogP contribution is 2.09. The monoisotopic (exact) mass is 247 g/mol. The van der Waals surface area contributed by atoms with Gasteiger partial charge in [0.05, 0.1) is 24.3 Å². The van der Waals surface area contributed by atoms with Crippen molar-refractivity contribution in [2.24, 2.45) is 5.92 Å². The molecule has 0 fully saturated rings. The maximum absolute atomic E-state index is 11.6. The van der Waals surface area contributed by atoms with Gasteiger partial charge in [-0.15, -0.1) is 0 Å². The molecule has 0 aliphatic heterocycles. The van der Waals surface area contributed by atoms with Gasteiger partial charge in [-0.25, -0.2) is 4.79 Å². The number of rotatable bonds is 4. The Morgan fingerprint density at radius 3 is 2.44 bits per heavy atom. The summed E-state index contributed by atoms with van der Waals surface area (Å²) in [5.74, 6) is 0.154. The number of urea groups is 1. The first-order valence-corrected chi connectivity index (χ1v) is 5.75. The third kappa shape index (κ3) is 4.07. The highest BCUT2D eigenvalue weighted by atomic mass is 16.3. The molecule has 0 spiro atoms. The van der Waals surface area contributed by atoms with Gasteiger partial charge in [-0.2, -0.15) is 5.26 Å². The van der Waals surface area contributed by atoms with Crippen molar-refractivity contribution in [2.45, 2.75) is 19.9 Å². The number of nitriles is 1. The number of amides is 2. The van der Waals surface area contributed by atoms with Gasteiger partial charge < -0.3 is 15.7 Å². The second-order valence-corrected chi connectivity index (χ2v) is 4.32. The van der Waals surface area contributed by atoms with Crippen molar-refractivity contribution in [2.75, 3.05) is 11.9 Å². The van der Waals surface area contributed by atoms with Gasteiger partial charge in [0, 0.05) is 5.69 Å². The van der Waals surface area contributed by atoms with Crippen LogP contribution in [-0.4, -0.2) is 23.8 Å². The Hall–Kier alpha value is -2.06. The third-order valence-corrected chi connectivity index (χ3v) is 2.59. The van der Waals surface area contributed by atoms with Crippen LogP contribution in [0.2, 0.25) is 0 Å². The lowest BCUT2D eigenvalue weighted by atomic mass is 10.1. The molecule has 2 amide bonds. The number of benzene rings is 1. The molecule has 96 valence electrons. The van der Waals surface area contributed by atoms with Crippen molar-refractivity contribution in [3.63, 3.8) is 0 Å². The predicted octanol–water partition coefficient (Wildman–Crippen LogP) is 1.70. The zero-order valence-corrected chi connectivity index (χ0v) is 10.5. The van der Waals surface area contributed by atoms with Crippen molar-refractivity contribution in [1.82, 2.24) is 5.32 Å². The van der Waals surface area contributed by atoms with Gasteiger partial charge in [0.2, 0.25) is 0 Å². The van der Waals surface area contributed by atoms with Crippen LogP contribution in [0.25, 0.3) is 0 Å². The Bertz CT molecular complexity index is 435. The molecule has 1 aromatic carbocycles. The summed E-state index contributed by atoms with van der Waals surface area (Å²) >= 11 is 0. The molecule has 5 heteroatoms. The summed E-state index contributed by atoms with van der Waals surface area (Å²) in [7, 11) is 0. The molecule has 0 saturated carbocycles. The molecule has 0 aliphatic rings. The molecule has 3 N–H and O–H groups in total. The quantitative estimate of drug-likeness (QED) is 0.757. The molecule has 1 rings (SSSR count). The van der Waals surface area contributed by atoms with Gasteiger partial charge in [-0.05, 0) is 30.2 Å². The SMILES string of the molecule is CC(C)[C@@H](CO)NC(=O)Nc1ccc(C#N)cc1. The first-order chi connectivity index (χ1) is 8.56. The maximum atomic E-state index is 11.6. The first-order valence-electron chi connectivity index (χ1n) is 5.75. The molecule has 0 aliphatic carbocycles. The van der Waals surface area contributed by atoms with Gasteiger partial charge in [0.15, 0.2) is 0 Å². The zero-order valence-electron chi connectivity index (χ0n) is 10.5. The number of carbonyl (C=O) groups excluding carboxylic acids is 1. The molecule has 1 atom stereocenters. The normalized spacial score (nSPS) is 11.7. The molecule has 1 aromatic rings. The van der Waals surface area contributed by atoms with E-state index in [4.69, 9.17) is 10.4 Å². The minimum atomic E-state index is -0.368. The summed E-state index contributed by atoms with van der Waals surface area (Å²) < 4.78 is 0. The highest BCUT2D eigenvalue weighted by Gasteiger charge is 2.14. The zero-order chi connectivity index (χ0) is 13.5. The van der Waals surface area contributed by atoms with E-state index < -0.39 is 0 Å². The van der Waals surface area contributed by atoms with E-state index in [0.717, 1.165) is 0 Å². The van der Waals surface area contributed by atoms with Crippen LogP contribution in [0.4, 0.5) is 10.5 Å². The Morgan fingerprint density at radius 1 is 1.39 bits per heavy atom. The van der Waals surface area contributed by atoms with Crippen LogP contribution in [0.1, 0.15) is 19.4 Å². The van der Waals surface area contributed by atoms with E-state index >= 15 is 0 Å². The number of nitrogens with one attached hydrogen (secondary N) is 2. The van der Waals surface area contributed by atoms with Gasteiger partial charge in [0.1, 0.15) is 0 Å². The van der Waals surface area contributed by atoms with Crippen LogP contribution in [-0.2, 0) is 0 Å². The predicted molar refractivity (Wildman–Crippen MR) is 69.0 cm³/mol. The van der Waals surface area contributed by atoms with E-state index in [1.54, 1.807) is 24.3 Å². The average Bonchev–Trinajstić information content (AvgIpc) is 2.36. The number of nitrogens with zero attached hydrogens (tertiary/aromatic N) is 1. The van der Waals surface area contributed by atoms with Gasteiger partial charge >= 0.3 is 6.03 Å². The standard InChI is InChI=1S/C13H17N3O2/c1-9(2)12(8-17)16-13(18)15-11-5-3-10(7-14)4-6-11/h3-6,9,12,17H,8H2,1-2H3,(H2,15,16,18)/t12-/m1/s1. The number of anilines is 1. The van der Waals surface area contributed by atoms with E-state index in [1.165, 1.54) is 0 Å². The van der Waals surface area contributed by atoms with E-state index in [9.17, 15) is 4.79 Å². The summed E-state index contributed by atoms with van der Waals surface area (Å²) in [4.78, 5) is 11.6. The summed E-state index contributed by atoms with van der Waals surface area (Å²) in [6, 6.07) is 7.92. The van der Waals surface area contributed by atoms with Crippen molar-refractivity contribution in [3.8, 4) is 6.07 Å². The molecular formula is C13H17N3O2. The fourth-order valence-corrected chi connectivity index (χ4v) is 1.39.